The number of nitrogens with zero attached hydrogens (tertiary/aromatic N) is 4. The third kappa shape index (κ3) is 6.39. The van der Waals surface area contributed by atoms with Gasteiger partial charge in [0.15, 0.2) is 11.0 Å². The molecular weight excluding hydrogens is 576 g/mol. The van der Waals surface area contributed by atoms with Gasteiger partial charge in [0, 0.05) is 14.1 Å². The first-order chi connectivity index (χ1) is 15.0. The molecule has 1 aromatic carbocycles. The number of rotatable bonds is 11. The van der Waals surface area contributed by atoms with Crippen LogP contribution in [-0.2, 0) is 29.1 Å². The lowest BCUT2D eigenvalue weighted by Crippen LogP contribution is -2.33. The number of hydrogen-bond acceptors (Lipinski definition) is 10. The van der Waals surface area contributed by atoms with Crippen molar-refractivity contribution in [2.75, 3.05) is 45.3 Å². The summed E-state index contributed by atoms with van der Waals surface area (Å²) < 4.78 is 41.6. The Morgan fingerprint density at radius 3 is 1.97 bits per heavy atom. The number of sulfonamides is 1. The average molecular weight is 600 g/mol. The normalized spacial score (nSPS) is 13.7. The average Bonchev–Trinajstić information content (AvgIpc) is 3.21. The number of carbonyl (C=O) groups excluding carboxylic acids is 2. The van der Waals surface area contributed by atoms with Gasteiger partial charge < -0.3 is 14.4 Å². The van der Waals surface area contributed by atoms with Crippen molar-refractivity contribution in [3.05, 3.63) is 12.1 Å². The van der Waals surface area contributed by atoms with Crippen molar-refractivity contribution in [3.8, 4) is 0 Å². The van der Waals surface area contributed by atoms with Gasteiger partial charge in [-0.15, -0.1) is 0 Å². The van der Waals surface area contributed by atoms with Crippen LogP contribution in [-0.4, -0.2) is 85.0 Å². The highest BCUT2D eigenvalue weighted by Crippen LogP contribution is 2.30. The zero-order valence-electron chi connectivity index (χ0n) is 17.9. The molecule has 0 aliphatic heterocycles. The van der Waals surface area contributed by atoms with E-state index in [-0.39, 0.29) is 42.2 Å². The summed E-state index contributed by atoms with van der Waals surface area (Å²) in [6.45, 7) is 3.85. The number of ether oxygens (including phenoxy) is 2. The summed E-state index contributed by atoms with van der Waals surface area (Å²) in [5, 5.41) is 7.65. The van der Waals surface area contributed by atoms with E-state index < -0.39 is 31.6 Å². The Bertz CT molecular complexity index is 1030. The van der Waals surface area contributed by atoms with E-state index in [1.165, 1.54) is 20.2 Å². The third-order valence-electron chi connectivity index (χ3n) is 4.32. The standard InChI is InChI=1S/C18H24Br2N4O7S/c1-11(19)17(25)29-9-7-24(8-10-30-18(26)12(2)20)13-5-6-14(32(27,28)23(3)4)16-15(13)21-31-22-16/h5-6,11-12H,7-10H2,1-4H3. The maximum atomic E-state index is 12.6. The Morgan fingerprint density at radius 2 is 1.50 bits per heavy atom. The highest BCUT2D eigenvalue weighted by molar-refractivity contribution is 9.10. The minimum Gasteiger partial charge on any atom is -0.463 e. The van der Waals surface area contributed by atoms with Crippen molar-refractivity contribution < 1.29 is 32.1 Å². The highest BCUT2D eigenvalue weighted by atomic mass is 79.9. The second-order valence-electron chi connectivity index (χ2n) is 6.89. The number of hydrogen-bond donors (Lipinski definition) is 0. The fourth-order valence-electron chi connectivity index (χ4n) is 2.59. The largest absolute Gasteiger partial charge is 0.463 e. The lowest BCUT2D eigenvalue weighted by Gasteiger charge is -2.25. The second kappa shape index (κ2) is 11.4. The number of carbonyl (C=O) groups is 2. The van der Waals surface area contributed by atoms with Gasteiger partial charge in [0.1, 0.15) is 27.8 Å². The summed E-state index contributed by atoms with van der Waals surface area (Å²) in [7, 11) is -0.968. The summed E-state index contributed by atoms with van der Waals surface area (Å²) in [6, 6.07) is 2.97. The van der Waals surface area contributed by atoms with Crippen LogP contribution in [0.15, 0.2) is 21.7 Å². The summed E-state index contributed by atoms with van der Waals surface area (Å²) in [6.07, 6.45) is 0. The lowest BCUT2D eigenvalue weighted by molar-refractivity contribution is -0.142. The Labute approximate surface area is 202 Å². The van der Waals surface area contributed by atoms with E-state index in [4.69, 9.17) is 14.1 Å². The molecule has 178 valence electrons. The van der Waals surface area contributed by atoms with Gasteiger partial charge in [0.05, 0.1) is 18.8 Å². The molecule has 0 spiro atoms. The van der Waals surface area contributed by atoms with Crippen molar-refractivity contribution in [2.24, 2.45) is 0 Å². The van der Waals surface area contributed by atoms with E-state index in [1.807, 2.05) is 0 Å². The molecule has 0 saturated heterocycles. The number of benzene rings is 1. The van der Waals surface area contributed by atoms with Gasteiger partial charge in [-0.3, -0.25) is 9.59 Å². The topological polar surface area (TPSA) is 132 Å². The van der Waals surface area contributed by atoms with Crippen molar-refractivity contribution in [1.29, 1.82) is 0 Å². The number of alkyl halides is 2. The van der Waals surface area contributed by atoms with E-state index in [0.717, 1.165) is 4.31 Å². The summed E-state index contributed by atoms with van der Waals surface area (Å²) in [5.74, 6) is -0.852. The fourth-order valence-corrected chi connectivity index (χ4v) is 3.86. The monoisotopic (exact) mass is 598 g/mol. The molecule has 2 aromatic rings. The predicted molar refractivity (Wildman–Crippen MR) is 124 cm³/mol. The zero-order valence-corrected chi connectivity index (χ0v) is 21.9. The number of esters is 2. The van der Waals surface area contributed by atoms with Crippen molar-refractivity contribution in [3.63, 3.8) is 0 Å². The molecule has 2 unspecified atom stereocenters. The Morgan fingerprint density at radius 1 is 1.00 bits per heavy atom. The molecule has 2 rings (SSSR count). The molecule has 0 aliphatic carbocycles. The first-order valence-corrected chi connectivity index (χ1v) is 12.8. The second-order valence-corrected chi connectivity index (χ2v) is 11.8. The van der Waals surface area contributed by atoms with Gasteiger partial charge in [0.25, 0.3) is 0 Å². The first-order valence-electron chi connectivity index (χ1n) is 9.51. The number of anilines is 1. The quantitative estimate of drug-likeness (QED) is 0.279. The highest BCUT2D eigenvalue weighted by Gasteiger charge is 2.26. The van der Waals surface area contributed by atoms with Gasteiger partial charge in [-0.1, -0.05) is 31.9 Å². The van der Waals surface area contributed by atoms with Crippen LogP contribution in [0.1, 0.15) is 13.8 Å². The Balaban J connectivity index is 2.34. The van der Waals surface area contributed by atoms with Crippen molar-refractivity contribution in [1.82, 2.24) is 14.6 Å². The van der Waals surface area contributed by atoms with Crippen LogP contribution in [0.5, 0.6) is 0 Å². The number of halogens is 2. The van der Waals surface area contributed by atoms with Crippen LogP contribution in [0.3, 0.4) is 0 Å². The van der Waals surface area contributed by atoms with Crippen LogP contribution in [0.25, 0.3) is 11.0 Å². The maximum absolute atomic E-state index is 12.6. The van der Waals surface area contributed by atoms with Crippen molar-refractivity contribution >= 4 is 70.5 Å². The van der Waals surface area contributed by atoms with Gasteiger partial charge in [-0.05, 0) is 36.3 Å². The van der Waals surface area contributed by atoms with Crippen molar-refractivity contribution in [2.45, 2.75) is 28.4 Å². The molecule has 0 aliphatic rings. The van der Waals surface area contributed by atoms with Gasteiger partial charge in [0.2, 0.25) is 10.0 Å². The van der Waals surface area contributed by atoms with Crippen LogP contribution >= 0.6 is 31.9 Å². The molecule has 32 heavy (non-hydrogen) atoms. The van der Waals surface area contributed by atoms with E-state index in [2.05, 4.69) is 42.2 Å². The van der Waals surface area contributed by atoms with Crippen LogP contribution in [0.2, 0.25) is 0 Å². The molecule has 1 aromatic heterocycles. The lowest BCUT2D eigenvalue weighted by atomic mass is 10.2. The fraction of sp³-hybridized carbons (Fsp3) is 0.556. The molecule has 14 heteroatoms. The number of fused-ring (bicyclic) bond motifs is 1. The SMILES string of the molecule is CC(Br)C(=O)OCCN(CCOC(=O)C(C)Br)c1ccc(S(=O)(=O)N(C)C)c2nonc12. The first kappa shape index (κ1) is 26.5. The molecule has 11 nitrogen and oxygen atoms in total. The van der Waals surface area contributed by atoms with Gasteiger partial charge in [-0.25, -0.2) is 17.4 Å². The molecule has 0 bridgehead atoms. The zero-order chi connectivity index (χ0) is 24.1. The maximum Gasteiger partial charge on any atom is 0.319 e. The third-order valence-corrected chi connectivity index (χ3v) is 6.91. The molecule has 2 atom stereocenters. The summed E-state index contributed by atoms with van der Waals surface area (Å²) in [5.41, 5.74) is 0.775. The predicted octanol–water partition coefficient (Wildman–Crippen LogP) is 1.93. The number of aromatic nitrogens is 2. The van der Waals surface area contributed by atoms with Gasteiger partial charge >= 0.3 is 11.9 Å². The molecular formula is C18H24Br2N4O7S. The van der Waals surface area contributed by atoms with E-state index in [1.54, 1.807) is 24.8 Å². The minimum atomic E-state index is -3.79. The minimum absolute atomic E-state index is 0.0437. The summed E-state index contributed by atoms with van der Waals surface area (Å²) in [4.78, 5) is 24.3. The van der Waals surface area contributed by atoms with Crippen LogP contribution < -0.4 is 4.90 Å². The Hall–Kier alpha value is -1.77. The molecule has 1 heterocycles. The molecule has 0 fully saturated rings. The molecule has 0 saturated carbocycles. The summed E-state index contributed by atoms with van der Waals surface area (Å²) >= 11 is 6.29. The van der Waals surface area contributed by atoms with Crippen LogP contribution in [0.4, 0.5) is 5.69 Å². The van der Waals surface area contributed by atoms with E-state index in [0.29, 0.717) is 5.69 Å². The van der Waals surface area contributed by atoms with E-state index in [9.17, 15) is 18.0 Å². The smallest absolute Gasteiger partial charge is 0.319 e. The van der Waals surface area contributed by atoms with Gasteiger partial charge in [-0.2, -0.15) is 0 Å². The molecule has 0 radical (unpaired) electrons. The Kier molecular flexibility index (Phi) is 9.42. The van der Waals surface area contributed by atoms with E-state index >= 15 is 0 Å². The molecule has 0 N–H and O–H groups in total. The van der Waals surface area contributed by atoms with Crippen LogP contribution in [0, 0.1) is 0 Å². The molecule has 0 amide bonds.